The number of rotatable bonds is 7. The van der Waals surface area contributed by atoms with Crippen molar-refractivity contribution in [3.05, 3.63) is 59.9 Å². The van der Waals surface area contributed by atoms with Gasteiger partial charge in [0.1, 0.15) is 5.82 Å². The first-order valence-electron chi connectivity index (χ1n) is 11.5. The van der Waals surface area contributed by atoms with E-state index in [1.165, 1.54) is 25.0 Å². The van der Waals surface area contributed by atoms with E-state index in [4.69, 9.17) is 4.74 Å². The van der Waals surface area contributed by atoms with E-state index in [0.29, 0.717) is 19.6 Å². The molecule has 166 valence electrons. The highest BCUT2D eigenvalue weighted by atomic mass is 19.1. The third kappa shape index (κ3) is 5.52. The van der Waals surface area contributed by atoms with Crippen LogP contribution < -0.4 is 5.32 Å². The molecule has 1 amide bonds. The zero-order chi connectivity index (χ0) is 21.7. The van der Waals surface area contributed by atoms with Crippen LogP contribution in [0.4, 0.5) is 4.39 Å². The van der Waals surface area contributed by atoms with Gasteiger partial charge in [-0.3, -0.25) is 4.79 Å². The summed E-state index contributed by atoms with van der Waals surface area (Å²) in [6, 6.07) is 15.0. The number of amides is 1. The Morgan fingerprint density at radius 3 is 2.52 bits per heavy atom. The number of ether oxygens (including phenoxy) is 1. The van der Waals surface area contributed by atoms with Crippen molar-refractivity contribution in [3.63, 3.8) is 0 Å². The first-order valence-corrected chi connectivity index (χ1v) is 11.5. The Morgan fingerprint density at radius 1 is 1.10 bits per heavy atom. The summed E-state index contributed by atoms with van der Waals surface area (Å²) in [7, 11) is 0. The van der Waals surface area contributed by atoms with Crippen LogP contribution in [0.2, 0.25) is 0 Å². The Kier molecular flexibility index (Phi) is 7.03. The summed E-state index contributed by atoms with van der Waals surface area (Å²) in [6.07, 6.45) is 4.67. The normalized spacial score (nSPS) is 19.8. The second-order valence-electron chi connectivity index (χ2n) is 9.16. The lowest BCUT2D eigenvalue weighted by atomic mass is 9.74. The molecule has 2 aromatic carbocycles. The molecule has 5 heteroatoms. The molecule has 2 saturated heterocycles. The van der Waals surface area contributed by atoms with Crippen LogP contribution in [0.15, 0.2) is 48.5 Å². The summed E-state index contributed by atoms with van der Waals surface area (Å²) >= 11 is 0. The van der Waals surface area contributed by atoms with Gasteiger partial charge in [-0.15, -0.1) is 0 Å². The van der Waals surface area contributed by atoms with Gasteiger partial charge in [0, 0.05) is 25.8 Å². The highest BCUT2D eigenvalue weighted by Gasteiger charge is 2.40. The number of halogens is 1. The maximum Gasteiger partial charge on any atom is 0.226 e. The zero-order valence-corrected chi connectivity index (χ0v) is 18.4. The molecule has 2 aliphatic rings. The van der Waals surface area contributed by atoms with Crippen molar-refractivity contribution in [1.29, 1.82) is 0 Å². The molecular weight excluding hydrogens is 391 g/mol. The molecule has 0 aliphatic carbocycles. The minimum Gasteiger partial charge on any atom is -0.381 e. The molecule has 0 unspecified atom stereocenters. The zero-order valence-electron chi connectivity index (χ0n) is 18.4. The van der Waals surface area contributed by atoms with Gasteiger partial charge in [-0.05, 0) is 80.9 Å². The van der Waals surface area contributed by atoms with Gasteiger partial charge >= 0.3 is 0 Å². The van der Waals surface area contributed by atoms with E-state index < -0.39 is 5.41 Å². The summed E-state index contributed by atoms with van der Waals surface area (Å²) in [6.45, 7) is 6.53. The van der Waals surface area contributed by atoms with Gasteiger partial charge in [0.2, 0.25) is 5.91 Å². The Morgan fingerprint density at radius 2 is 1.81 bits per heavy atom. The molecule has 1 atom stereocenters. The van der Waals surface area contributed by atoms with E-state index >= 15 is 0 Å². The minimum atomic E-state index is -0.445. The predicted octanol–water partition coefficient (Wildman–Crippen LogP) is 4.43. The molecule has 2 heterocycles. The average Bonchev–Trinajstić information content (AvgIpc) is 3.28. The van der Waals surface area contributed by atoms with Crippen LogP contribution in [0.5, 0.6) is 0 Å². The van der Waals surface area contributed by atoms with Crippen LogP contribution in [0.25, 0.3) is 11.1 Å². The van der Waals surface area contributed by atoms with Crippen molar-refractivity contribution in [3.8, 4) is 11.1 Å². The number of nitrogens with zero attached hydrogens (tertiary/aromatic N) is 1. The van der Waals surface area contributed by atoms with E-state index in [-0.39, 0.29) is 17.8 Å². The van der Waals surface area contributed by atoms with Crippen LogP contribution in [-0.2, 0) is 16.0 Å². The van der Waals surface area contributed by atoms with Crippen molar-refractivity contribution >= 4 is 5.91 Å². The molecule has 0 saturated carbocycles. The number of carbonyl (C=O) groups excluding carboxylic acids is 1. The summed E-state index contributed by atoms with van der Waals surface area (Å²) < 4.78 is 18.9. The third-order valence-electron chi connectivity index (χ3n) is 6.69. The molecule has 31 heavy (non-hydrogen) atoms. The van der Waals surface area contributed by atoms with Gasteiger partial charge in [-0.2, -0.15) is 0 Å². The maximum atomic E-state index is 13.5. The number of carbonyl (C=O) groups is 1. The van der Waals surface area contributed by atoms with E-state index in [2.05, 4.69) is 29.3 Å². The molecule has 4 rings (SSSR count). The van der Waals surface area contributed by atoms with E-state index in [1.54, 1.807) is 12.1 Å². The van der Waals surface area contributed by atoms with Crippen LogP contribution in [0, 0.1) is 11.2 Å². The molecule has 0 radical (unpaired) electrons. The quantitative estimate of drug-likeness (QED) is 0.715. The van der Waals surface area contributed by atoms with E-state index in [9.17, 15) is 9.18 Å². The average molecular weight is 425 g/mol. The highest BCUT2D eigenvalue weighted by Crippen LogP contribution is 2.36. The lowest BCUT2D eigenvalue weighted by Gasteiger charge is -2.37. The SMILES string of the molecule is C[C@@H](CN1CCCC1)NC(=O)C1(Cc2cccc(-c3ccc(F)cc3)c2)CCOCC1. The Hall–Kier alpha value is -2.24. The van der Waals surface area contributed by atoms with Crippen molar-refractivity contribution in [2.45, 2.75) is 45.1 Å². The van der Waals surface area contributed by atoms with Crippen LogP contribution in [0.1, 0.15) is 38.2 Å². The standard InChI is InChI=1S/C26H33FN2O2/c1-20(19-29-13-2-3-14-29)28-25(30)26(11-15-31-16-12-26)18-21-5-4-6-23(17-21)22-7-9-24(27)10-8-22/h4-10,17,20H,2-3,11-16,18-19H2,1H3,(H,28,30)/t20-/m0/s1. The monoisotopic (exact) mass is 424 g/mol. The van der Waals surface area contributed by atoms with Gasteiger partial charge in [-0.1, -0.05) is 36.4 Å². The van der Waals surface area contributed by atoms with Gasteiger partial charge in [-0.25, -0.2) is 4.39 Å². The first-order chi connectivity index (χ1) is 15.0. The fraction of sp³-hybridized carbons (Fsp3) is 0.500. The van der Waals surface area contributed by atoms with Gasteiger partial charge in [0.15, 0.2) is 0 Å². The summed E-state index contributed by atoms with van der Waals surface area (Å²) in [4.78, 5) is 15.9. The molecular formula is C26H33FN2O2. The first kappa shape index (κ1) is 22.0. The van der Waals surface area contributed by atoms with Crippen LogP contribution >= 0.6 is 0 Å². The van der Waals surface area contributed by atoms with E-state index in [0.717, 1.165) is 49.2 Å². The summed E-state index contributed by atoms with van der Waals surface area (Å²) in [5.41, 5.74) is 2.71. The molecule has 1 N–H and O–H groups in total. The van der Waals surface area contributed by atoms with Crippen molar-refractivity contribution in [1.82, 2.24) is 10.2 Å². The summed E-state index contributed by atoms with van der Waals surface area (Å²) in [5, 5.41) is 3.31. The fourth-order valence-corrected chi connectivity index (χ4v) is 4.92. The largest absolute Gasteiger partial charge is 0.381 e. The van der Waals surface area contributed by atoms with Crippen LogP contribution in [-0.4, -0.2) is 49.7 Å². The van der Waals surface area contributed by atoms with Crippen molar-refractivity contribution in [2.75, 3.05) is 32.8 Å². The number of benzene rings is 2. The third-order valence-corrected chi connectivity index (χ3v) is 6.69. The molecule has 0 spiro atoms. The molecule has 4 nitrogen and oxygen atoms in total. The predicted molar refractivity (Wildman–Crippen MR) is 121 cm³/mol. The number of hydrogen-bond acceptors (Lipinski definition) is 3. The molecule has 2 aromatic rings. The van der Waals surface area contributed by atoms with Gasteiger partial charge in [0.25, 0.3) is 0 Å². The minimum absolute atomic E-state index is 0.135. The second-order valence-corrected chi connectivity index (χ2v) is 9.16. The second kappa shape index (κ2) is 9.92. The summed E-state index contributed by atoms with van der Waals surface area (Å²) in [5.74, 6) is -0.0875. The number of nitrogens with one attached hydrogen (secondary N) is 1. The Balaban J connectivity index is 1.49. The van der Waals surface area contributed by atoms with Crippen molar-refractivity contribution in [2.24, 2.45) is 5.41 Å². The Labute approximate surface area is 184 Å². The lowest BCUT2D eigenvalue weighted by Crippen LogP contribution is -2.51. The smallest absolute Gasteiger partial charge is 0.226 e. The van der Waals surface area contributed by atoms with Crippen molar-refractivity contribution < 1.29 is 13.9 Å². The molecule has 2 fully saturated rings. The lowest BCUT2D eigenvalue weighted by molar-refractivity contribution is -0.137. The number of likely N-dealkylation sites (tertiary alicyclic amines) is 1. The highest BCUT2D eigenvalue weighted by molar-refractivity contribution is 5.83. The number of hydrogen-bond donors (Lipinski definition) is 1. The molecule has 0 bridgehead atoms. The van der Waals surface area contributed by atoms with Crippen LogP contribution in [0.3, 0.4) is 0 Å². The van der Waals surface area contributed by atoms with Gasteiger partial charge in [0.05, 0.1) is 5.41 Å². The van der Waals surface area contributed by atoms with E-state index in [1.807, 2.05) is 12.1 Å². The Bertz CT molecular complexity index is 871. The fourth-order valence-electron chi connectivity index (χ4n) is 4.92. The topological polar surface area (TPSA) is 41.6 Å². The molecule has 2 aliphatic heterocycles. The molecule has 0 aromatic heterocycles. The van der Waals surface area contributed by atoms with Gasteiger partial charge < -0.3 is 15.0 Å². The maximum absolute atomic E-state index is 13.5.